The lowest BCUT2D eigenvalue weighted by Gasteiger charge is -2.05. The van der Waals surface area contributed by atoms with Crippen LogP contribution in [0, 0.1) is 0 Å². The highest BCUT2D eigenvalue weighted by molar-refractivity contribution is 6.08. The van der Waals surface area contributed by atoms with Gasteiger partial charge in [0.05, 0.1) is 0 Å². The minimum Gasteiger partial charge on any atom is -0.298 e. The number of benzene rings is 1. The molecule has 1 heteroatoms. The predicted octanol–water partition coefficient (Wildman–Crippen LogP) is 2.85. The molecule has 0 amide bonds. The Balaban J connectivity index is 2.63. The molecule has 0 fully saturated rings. The minimum absolute atomic E-state index is 0.723. The van der Waals surface area contributed by atoms with Crippen LogP contribution < -0.4 is 0 Å². The summed E-state index contributed by atoms with van der Waals surface area (Å²) in [4.78, 5) is 10.9. The van der Waals surface area contributed by atoms with E-state index >= 15 is 0 Å². The summed E-state index contributed by atoms with van der Waals surface area (Å²) < 4.78 is 0. The smallest absolute Gasteiger partial charge is 0.150 e. The van der Waals surface area contributed by atoms with Gasteiger partial charge in [-0.05, 0) is 11.1 Å². The van der Waals surface area contributed by atoms with Gasteiger partial charge in [-0.1, -0.05) is 54.6 Å². The number of carbonyl (C=O) groups is 1. The summed E-state index contributed by atoms with van der Waals surface area (Å²) in [7, 11) is 0. The Bertz CT molecular complexity index is 436. The fourth-order valence-corrected chi connectivity index (χ4v) is 1.48. The lowest BCUT2D eigenvalue weighted by Crippen LogP contribution is -1.90. The number of aldehydes is 1. The molecule has 1 nitrogen and oxygen atoms in total. The Morgan fingerprint density at radius 3 is 2.71 bits per heavy atom. The molecule has 0 unspecified atom stereocenters. The van der Waals surface area contributed by atoms with Crippen LogP contribution in [0.4, 0.5) is 0 Å². The number of allylic oxidation sites excluding steroid dienone is 5. The van der Waals surface area contributed by atoms with E-state index in [1.807, 2.05) is 54.6 Å². The molecule has 0 atom stereocenters. The average molecular weight is 182 g/mol. The van der Waals surface area contributed by atoms with Gasteiger partial charge in [-0.2, -0.15) is 0 Å². The van der Waals surface area contributed by atoms with Crippen molar-refractivity contribution in [1.29, 1.82) is 0 Å². The number of fused-ring (bicyclic) bond motifs is 1. The van der Waals surface area contributed by atoms with E-state index < -0.39 is 0 Å². The van der Waals surface area contributed by atoms with Gasteiger partial charge in [-0.15, -0.1) is 0 Å². The molecule has 1 aromatic carbocycles. The second kappa shape index (κ2) is 3.88. The first-order valence-electron chi connectivity index (χ1n) is 4.51. The maximum atomic E-state index is 10.9. The SMILES string of the molecule is O=CC1=C/C=C\C=C/c2ccccc21. The third-order valence-electron chi connectivity index (χ3n) is 2.17. The maximum absolute atomic E-state index is 10.9. The quantitative estimate of drug-likeness (QED) is 0.610. The molecule has 1 aromatic rings. The summed E-state index contributed by atoms with van der Waals surface area (Å²) in [5.74, 6) is 0. The van der Waals surface area contributed by atoms with E-state index in [0.29, 0.717) is 0 Å². The number of rotatable bonds is 1. The third kappa shape index (κ3) is 1.57. The summed E-state index contributed by atoms with van der Waals surface area (Å²) in [6.45, 7) is 0. The molecule has 0 N–H and O–H groups in total. The van der Waals surface area contributed by atoms with Gasteiger partial charge in [-0.3, -0.25) is 4.79 Å². The second-order valence-electron chi connectivity index (χ2n) is 3.07. The van der Waals surface area contributed by atoms with Crippen LogP contribution in [-0.2, 0) is 4.79 Å². The number of hydrogen-bond donors (Lipinski definition) is 0. The van der Waals surface area contributed by atoms with Gasteiger partial charge in [0.1, 0.15) is 0 Å². The van der Waals surface area contributed by atoms with Gasteiger partial charge in [0.2, 0.25) is 0 Å². The van der Waals surface area contributed by atoms with E-state index in [1.165, 1.54) is 0 Å². The van der Waals surface area contributed by atoms with Crippen molar-refractivity contribution < 1.29 is 4.79 Å². The van der Waals surface area contributed by atoms with Crippen LogP contribution in [0.25, 0.3) is 11.6 Å². The first kappa shape index (κ1) is 8.70. The standard InChI is InChI=1S/C13H10O/c14-10-12-8-3-1-2-6-11-7-4-5-9-13(11)12/h1-10H/b2-1?,3-1-,6-2-,8-3?,11-6?,12-8?,13-12?. The van der Waals surface area contributed by atoms with Crippen LogP contribution in [0.15, 0.2) is 48.6 Å². The number of hydrogen-bond acceptors (Lipinski definition) is 1. The summed E-state index contributed by atoms with van der Waals surface area (Å²) in [5.41, 5.74) is 2.79. The zero-order valence-corrected chi connectivity index (χ0v) is 7.68. The molecule has 0 bridgehead atoms. The van der Waals surface area contributed by atoms with Crippen LogP contribution in [0.5, 0.6) is 0 Å². The second-order valence-corrected chi connectivity index (χ2v) is 3.07. The summed E-state index contributed by atoms with van der Waals surface area (Å²) in [5, 5.41) is 0. The topological polar surface area (TPSA) is 17.1 Å². The average Bonchev–Trinajstić information content (AvgIpc) is 2.20. The molecule has 1 aliphatic rings. The van der Waals surface area contributed by atoms with Crippen molar-refractivity contribution in [2.45, 2.75) is 0 Å². The third-order valence-corrected chi connectivity index (χ3v) is 2.17. The summed E-state index contributed by atoms with van der Waals surface area (Å²) >= 11 is 0. The van der Waals surface area contributed by atoms with E-state index in [0.717, 1.165) is 23.0 Å². The van der Waals surface area contributed by atoms with Gasteiger partial charge in [0, 0.05) is 5.57 Å². The highest BCUT2D eigenvalue weighted by atomic mass is 16.1. The van der Waals surface area contributed by atoms with Crippen molar-refractivity contribution in [1.82, 2.24) is 0 Å². The van der Waals surface area contributed by atoms with E-state index in [-0.39, 0.29) is 0 Å². The summed E-state index contributed by atoms with van der Waals surface area (Å²) in [6, 6.07) is 7.87. The molecule has 0 spiro atoms. The van der Waals surface area contributed by atoms with E-state index in [4.69, 9.17) is 0 Å². The molecule has 0 saturated heterocycles. The van der Waals surface area contributed by atoms with Gasteiger partial charge in [0.15, 0.2) is 6.29 Å². The minimum atomic E-state index is 0.723. The van der Waals surface area contributed by atoms with Gasteiger partial charge >= 0.3 is 0 Å². The van der Waals surface area contributed by atoms with Gasteiger partial charge < -0.3 is 0 Å². The van der Waals surface area contributed by atoms with Crippen molar-refractivity contribution in [3.05, 3.63) is 59.7 Å². The van der Waals surface area contributed by atoms with E-state index in [1.54, 1.807) is 0 Å². The maximum Gasteiger partial charge on any atom is 0.150 e. The zero-order chi connectivity index (χ0) is 9.80. The predicted molar refractivity (Wildman–Crippen MR) is 58.7 cm³/mol. The molecule has 0 aromatic heterocycles. The van der Waals surface area contributed by atoms with Crippen molar-refractivity contribution in [3.63, 3.8) is 0 Å². The zero-order valence-electron chi connectivity index (χ0n) is 7.68. The molecule has 0 saturated carbocycles. The molecule has 1 aliphatic carbocycles. The summed E-state index contributed by atoms with van der Waals surface area (Å²) in [6.07, 6.45) is 10.5. The Kier molecular flexibility index (Phi) is 2.41. The van der Waals surface area contributed by atoms with E-state index in [2.05, 4.69) is 0 Å². The van der Waals surface area contributed by atoms with Crippen molar-refractivity contribution in [2.24, 2.45) is 0 Å². The van der Waals surface area contributed by atoms with Gasteiger partial charge in [0.25, 0.3) is 0 Å². The highest BCUT2D eigenvalue weighted by Gasteiger charge is 2.03. The first-order valence-corrected chi connectivity index (χ1v) is 4.51. The van der Waals surface area contributed by atoms with Crippen molar-refractivity contribution >= 4 is 17.9 Å². The van der Waals surface area contributed by atoms with Crippen LogP contribution in [0.2, 0.25) is 0 Å². The Morgan fingerprint density at radius 1 is 1.00 bits per heavy atom. The molecule has 0 radical (unpaired) electrons. The fourth-order valence-electron chi connectivity index (χ4n) is 1.48. The number of carbonyl (C=O) groups excluding carboxylic acids is 1. The lowest BCUT2D eigenvalue weighted by atomic mass is 9.98. The largest absolute Gasteiger partial charge is 0.298 e. The van der Waals surface area contributed by atoms with Crippen molar-refractivity contribution in [2.75, 3.05) is 0 Å². The molecular weight excluding hydrogens is 172 g/mol. The molecule has 0 aliphatic heterocycles. The normalized spacial score (nSPS) is 18.4. The fraction of sp³-hybridized carbons (Fsp3) is 0. The Labute approximate surface area is 83.1 Å². The Hall–Kier alpha value is -1.89. The van der Waals surface area contributed by atoms with E-state index in [9.17, 15) is 4.79 Å². The molecule has 68 valence electrons. The molecular formula is C13H10O. The Morgan fingerprint density at radius 2 is 1.86 bits per heavy atom. The first-order chi connectivity index (χ1) is 6.92. The van der Waals surface area contributed by atoms with Crippen molar-refractivity contribution in [3.8, 4) is 0 Å². The highest BCUT2D eigenvalue weighted by Crippen LogP contribution is 2.20. The van der Waals surface area contributed by atoms with Crippen LogP contribution >= 0.6 is 0 Å². The molecule has 2 rings (SSSR count). The lowest BCUT2D eigenvalue weighted by molar-refractivity contribution is -0.103. The van der Waals surface area contributed by atoms with Crippen LogP contribution in [0.3, 0.4) is 0 Å². The van der Waals surface area contributed by atoms with Crippen LogP contribution in [0.1, 0.15) is 11.1 Å². The molecule has 0 heterocycles. The molecule has 14 heavy (non-hydrogen) atoms. The van der Waals surface area contributed by atoms with Gasteiger partial charge in [-0.25, -0.2) is 0 Å². The monoisotopic (exact) mass is 182 g/mol. The van der Waals surface area contributed by atoms with Crippen LogP contribution in [-0.4, -0.2) is 6.29 Å².